The molecule has 0 bridgehead atoms. The fraction of sp³-hybridized carbons (Fsp3) is 1.00. The number of hydrogen-bond donors (Lipinski definition) is 0. The van der Waals surface area contributed by atoms with Crippen LogP contribution >= 0.6 is 22.2 Å². The van der Waals surface area contributed by atoms with E-state index < -0.39 is 6.69 Å². The van der Waals surface area contributed by atoms with E-state index in [4.69, 9.17) is 22.2 Å². The van der Waals surface area contributed by atoms with Gasteiger partial charge >= 0.3 is 0 Å². The van der Waals surface area contributed by atoms with Crippen molar-refractivity contribution in [2.45, 2.75) is 59.2 Å². The van der Waals surface area contributed by atoms with Crippen LogP contribution in [0.4, 0.5) is 0 Å². The smallest absolute Gasteiger partial charge is 0.146 e. The molecule has 0 fully saturated rings. The molecule has 0 aromatic heterocycles. The minimum atomic E-state index is -1.88. The van der Waals surface area contributed by atoms with E-state index in [0.717, 1.165) is 24.6 Å². The van der Waals surface area contributed by atoms with Crippen molar-refractivity contribution < 1.29 is 0 Å². The summed E-state index contributed by atoms with van der Waals surface area (Å²) < 4.78 is 0. The first-order valence-corrected chi connectivity index (χ1v) is 10.8. The topological polar surface area (TPSA) is 0 Å². The highest BCUT2D eigenvalue weighted by Crippen LogP contribution is 2.27. The van der Waals surface area contributed by atoms with Crippen LogP contribution in [0, 0.1) is 11.8 Å². The molecular weight excluding hydrogens is 242 g/mol. The molecule has 0 aliphatic heterocycles. The van der Waals surface area contributed by atoms with E-state index in [9.17, 15) is 0 Å². The van der Waals surface area contributed by atoms with Crippen LogP contribution in [0.15, 0.2) is 0 Å². The molecule has 4 heteroatoms. The van der Waals surface area contributed by atoms with Gasteiger partial charge < -0.3 is 0 Å². The maximum Gasteiger partial charge on any atom is 0.247 e. The minimum Gasteiger partial charge on any atom is -0.146 e. The van der Waals surface area contributed by atoms with Crippen molar-refractivity contribution in [2.75, 3.05) is 0 Å². The van der Waals surface area contributed by atoms with Crippen molar-refractivity contribution in [1.29, 1.82) is 0 Å². The summed E-state index contributed by atoms with van der Waals surface area (Å²) in [4.78, 5) is 0. The van der Waals surface area contributed by atoms with Gasteiger partial charge in [-0.3, -0.25) is 0 Å². The van der Waals surface area contributed by atoms with Crippen molar-refractivity contribution >= 4 is 35.6 Å². The highest BCUT2D eigenvalue weighted by Gasteiger charge is 2.25. The predicted molar refractivity (Wildman–Crippen MR) is 78.0 cm³/mol. The Balaban J connectivity index is 4.01. The van der Waals surface area contributed by atoms with Crippen molar-refractivity contribution in [2.24, 2.45) is 11.8 Å². The lowest BCUT2D eigenvalue weighted by Gasteiger charge is -2.20. The summed E-state index contributed by atoms with van der Waals surface area (Å²) in [5.41, 5.74) is 0. The molecule has 0 spiro atoms. The molecule has 0 atom stereocenters. The molecule has 0 aromatic carbocycles. The number of halogens is 2. The lowest BCUT2D eigenvalue weighted by molar-refractivity contribution is 0.688. The van der Waals surface area contributed by atoms with Crippen molar-refractivity contribution in [3.05, 3.63) is 0 Å². The minimum absolute atomic E-state index is 0.785. The van der Waals surface area contributed by atoms with E-state index in [-0.39, 0.29) is 0 Å². The van der Waals surface area contributed by atoms with E-state index in [1.807, 2.05) is 6.55 Å². The Bertz CT molecular complexity index is 156. The second-order valence-corrected chi connectivity index (χ2v) is 14.0. The highest BCUT2D eigenvalue weighted by atomic mass is 35.7. The SMILES string of the molecule is CC(C)CB(CC[Si](C)(Cl)Cl)CC(C)C. The molecule has 0 heterocycles. The van der Waals surface area contributed by atoms with E-state index in [1.165, 1.54) is 19.0 Å². The Morgan fingerprint density at radius 2 is 1.40 bits per heavy atom. The van der Waals surface area contributed by atoms with Crippen LogP contribution in [0.3, 0.4) is 0 Å². The van der Waals surface area contributed by atoms with E-state index in [0.29, 0.717) is 0 Å². The normalized spacial score (nSPS) is 12.6. The summed E-state index contributed by atoms with van der Waals surface area (Å²) in [5, 5.41) is 0. The van der Waals surface area contributed by atoms with Gasteiger partial charge in [0.1, 0.15) is 6.71 Å². The summed E-state index contributed by atoms with van der Waals surface area (Å²) in [5.74, 6) is 1.57. The van der Waals surface area contributed by atoms with Crippen LogP contribution in [0.1, 0.15) is 27.7 Å². The summed E-state index contributed by atoms with van der Waals surface area (Å²) >= 11 is 12.3. The predicted octanol–water partition coefficient (Wildman–Crippen LogP) is 5.34. The summed E-state index contributed by atoms with van der Waals surface area (Å²) in [6.45, 7) is 10.2. The first kappa shape index (κ1) is 15.9. The third-order valence-electron chi connectivity index (χ3n) is 2.60. The molecule has 0 aromatic rings. The average molecular weight is 267 g/mol. The van der Waals surface area contributed by atoms with Gasteiger partial charge in [-0.15, -0.1) is 22.2 Å². The van der Waals surface area contributed by atoms with E-state index in [2.05, 4.69) is 27.7 Å². The maximum atomic E-state index is 6.15. The fourth-order valence-corrected chi connectivity index (χ4v) is 3.69. The summed E-state index contributed by atoms with van der Waals surface area (Å²) in [7, 11) is 0. The molecule has 0 aliphatic carbocycles. The zero-order valence-electron chi connectivity index (χ0n) is 10.8. The van der Waals surface area contributed by atoms with E-state index >= 15 is 0 Å². The van der Waals surface area contributed by atoms with Crippen LogP contribution in [-0.4, -0.2) is 13.4 Å². The van der Waals surface area contributed by atoms with Crippen LogP contribution in [0.2, 0.25) is 31.6 Å². The monoisotopic (exact) mass is 266 g/mol. The van der Waals surface area contributed by atoms with Crippen LogP contribution in [0.5, 0.6) is 0 Å². The Labute approximate surface area is 107 Å². The largest absolute Gasteiger partial charge is 0.247 e. The lowest BCUT2D eigenvalue weighted by Crippen LogP contribution is -2.22. The van der Waals surface area contributed by atoms with Crippen molar-refractivity contribution in [3.8, 4) is 0 Å². The number of rotatable bonds is 7. The summed E-state index contributed by atoms with van der Waals surface area (Å²) in [6.07, 6.45) is 3.85. The molecule has 0 nitrogen and oxygen atoms in total. The molecule has 0 unspecified atom stereocenters. The first-order chi connectivity index (χ1) is 6.70. The van der Waals surface area contributed by atoms with Crippen LogP contribution < -0.4 is 0 Å². The first-order valence-electron chi connectivity index (χ1n) is 6.08. The van der Waals surface area contributed by atoms with Gasteiger partial charge in [0.15, 0.2) is 0 Å². The van der Waals surface area contributed by atoms with Gasteiger partial charge in [0.2, 0.25) is 6.69 Å². The third kappa shape index (κ3) is 11.1. The fourth-order valence-electron chi connectivity index (χ4n) is 2.12. The van der Waals surface area contributed by atoms with E-state index in [1.54, 1.807) is 0 Å². The maximum absolute atomic E-state index is 6.15. The van der Waals surface area contributed by atoms with Gasteiger partial charge in [-0.2, -0.15) is 0 Å². The second kappa shape index (κ2) is 7.24. The molecular formula is C11H25BCl2Si. The molecule has 0 rings (SSSR count). The van der Waals surface area contributed by atoms with Crippen molar-refractivity contribution in [3.63, 3.8) is 0 Å². The lowest BCUT2D eigenvalue weighted by atomic mass is 9.40. The molecule has 0 saturated heterocycles. The zero-order chi connectivity index (χ0) is 12.1. The van der Waals surface area contributed by atoms with Gasteiger partial charge in [-0.25, -0.2) is 0 Å². The molecule has 0 radical (unpaired) electrons. The van der Waals surface area contributed by atoms with Gasteiger partial charge in [-0.1, -0.05) is 58.5 Å². The molecule has 0 N–H and O–H groups in total. The molecule has 90 valence electrons. The standard InChI is InChI=1S/C11H25BCl2Si/c1-10(2)8-12(9-11(3)4)6-7-15(5,13)14/h10-11H,6-9H2,1-5H3. The van der Waals surface area contributed by atoms with Gasteiger partial charge in [-0.05, 0) is 12.6 Å². The zero-order valence-corrected chi connectivity index (χ0v) is 13.3. The highest BCUT2D eigenvalue weighted by molar-refractivity contribution is 7.45. The Morgan fingerprint density at radius 1 is 1.00 bits per heavy atom. The third-order valence-corrected chi connectivity index (χ3v) is 4.90. The van der Waals surface area contributed by atoms with Crippen molar-refractivity contribution in [1.82, 2.24) is 0 Å². The Hall–Kier alpha value is 0.862. The second-order valence-electron chi connectivity index (χ2n) is 5.73. The van der Waals surface area contributed by atoms with Gasteiger partial charge in [0.25, 0.3) is 0 Å². The summed E-state index contributed by atoms with van der Waals surface area (Å²) in [6, 6.07) is 1.04. The van der Waals surface area contributed by atoms with Gasteiger partial charge in [0.05, 0.1) is 0 Å². The molecule has 0 aliphatic rings. The van der Waals surface area contributed by atoms with Crippen LogP contribution in [-0.2, 0) is 0 Å². The van der Waals surface area contributed by atoms with Gasteiger partial charge in [0, 0.05) is 0 Å². The Morgan fingerprint density at radius 3 is 1.67 bits per heavy atom. The average Bonchev–Trinajstić information content (AvgIpc) is 1.96. The molecule has 15 heavy (non-hydrogen) atoms. The Kier molecular flexibility index (Phi) is 7.65. The van der Waals surface area contributed by atoms with Crippen LogP contribution in [0.25, 0.3) is 0 Å². The quantitative estimate of drug-likeness (QED) is 0.431. The molecule has 0 saturated carbocycles. The molecule has 0 amide bonds. The number of hydrogen-bond acceptors (Lipinski definition) is 0.